The Bertz CT molecular complexity index is 874. The molecular formula is C26H41NO7. The smallest absolute Gasteiger partial charge is 0.148 e. The van der Waals surface area contributed by atoms with Crippen LogP contribution >= 0.6 is 0 Å². The summed E-state index contributed by atoms with van der Waals surface area (Å²) in [5.41, 5.74) is -2.87. The number of likely N-dealkylation sites (N-methyl/N-ethyl adjacent to an activating group) is 1. The van der Waals surface area contributed by atoms with Gasteiger partial charge in [0.15, 0.2) is 0 Å². The van der Waals surface area contributed by atoms with Gasteiger partial charge in [-0.15, -0.1) is 0 Å². The standard InChI is InChI=1S/C26H41NO7/c1-6-27-12-22(13-29-2)8-7-19(31-4)25-17-9-15-16(30-3)10-24(26(17,28)20(15)32-5)23(21(25)27,11-18(22)25)33-14-34-24/h15-21,28H,6-14H2,1-5H3/t15-,16-,17+,18-,19-,20-,21-,22+,23-,24+,25-,26+/m0/s1. The molecule has 5 aliphatic carbocycles. The largest absolute Gasteiger partial charge is 0.384 e. The Balaban J connectivity index is 1.55. The molecular weight excluding hydrogens is 438 g/mol. The van der Waals surface area contributed by atoms with E-state index in [2.05, 4.69) is 11.8 Å². The van der Waals surface area contributed by atoms with Crippen LogP contribution in [-0.2, 0) is 28.4 Å². The maximum atomic E-state index is 13.1. The van der Waals surface area contributed by atoms with Gasteiger partial charge in [0, 0.05) is 64.1 Å². The first-order valence-corrected chi connectivity index (χ1v) is 13.2. The van der Waals surface area contributed by atoms with Crippen LogP contribution in [0.3, 0.4) is 0 Å². The third kappa shape index (κ3) is 1.98. The third-order valence-electron chi connectivity index (χ3n) is 12.2. The number of fused-ring (bicyclic) bond motifs is 1. The van der Waals surface area contributed by atoms with Crippen molar-refractivity contribution in [1.29, 1.82) is 0 Å². The van der Waals surface area contributed by atoms with Crippen molar-refractivity contribution in [3.8, 4) is 0 Å². The molecule has 0 unspecified atom stereocenters. The van der Waals surface area contributed by atoms with Gasteiger partial charge >= 0.3 is 0 Å². The Morgan fingerprint density at radius 3 is 2.53 bits per heavy atom. The summed E-state index contributed by atoms with van der Waals surface area (Å²) in [7, 11) is 7.23. The average Bonchev–Trinajstić information content (AvgIpc) is 3.39. The highest BCUT2D eigenvalue weighted by atomic mass is 16.7. The summed E-state index contributed by atoms with van der Waals surface area (Å²) >= 11 is 0. The molecule has 12 atom stereocenters. The van der Waals surface area contributed by atoms with Crippen molar-refractivity contribution in [1.82, 2.24) is 4.90 Å². The number of likely N-dealkylation sites (tertiary alicyclic amines) is 1. The van der Waals surface area contributed by atoms with Gasteiger partial charge in [0.05, 0.1) is 31.0 Å². The van der Waals surface area contributed by atoms with E-state index in [-0.39, 0.29) is 53.8 Å². The van der Waals surface area contributed by atoms with E-state index in [4.69, 9.17) is 28.4 Å². The molecule has 0 radical (unpaired) electrons. The van der Waals surface area contributed by atoms with Crippen molar-refractivity contribution in [2.75, 3.05) is 54.9 Å². The van der Waals surface area contributed by atoms with E-state index < -0.39 is 16.8 Å². The summed E-state index contributed by atoms with van der Waals surface area (Å²) in [6, 6.07) is 0.130. The fourth-order valence-corrected chi connectivity index (χ4v) is 11.7. The first kappa shape index (κ1) is 22.8. The Morgan fingerprint density at radius 2 is 1.85 bits per heavy atom. The Morgan fingerprint density at radius 1 is 1.03 bits per heavy atom. The van der Waals surface area contributed by atoms with E-state index in [9.17, 15) is 5.11 Å². The van der Waals surface area contributed by atoms with Crippen molar-refractivity contribution in [3.05, 3.63) is 0 Å². The van der Waals surface area contributed by atoms with E-state index >= 15 is 0 Å². The van der Waals surface area contributed by atoms with Gasteiger partial charge in [0.25, 0.3) is 0 Å². The summed E-state index contributed by atoms with van der Waals surface area (Å²) in [6.07, 6.45) is 4.10. The van der Waals surface area contributed by atoms with Crippen molar-refractivity contribution >= 4 is 0 Å². The molecule has 2 aliphatic heterocycles. The van der Waals surface area contributed by atoms with Gasteiger partial charge in [-0.05, 0) is 38.1 Å². The maximum absolute atomic E-state index is 13.1. The minimum absolute atomic E-state index is 0.0155. The SMILES string of the molecule is CCN1C[C@@]2(COC)CC[C@H](OC)[C@]34[C@H]5C[C@H]6[C@@H](OC)C[C@]7(OCO[C@@]7(C[C@@H]23)[C@H]14)[C@]5(O)[C@H]6OC. The maximum Gasteiger partial charge on any atom is 0.148 e. The zero-order chi connectivity index (χ0) is 23.7. The van der Waals surface area contributed by atoms with Crippen molar-refractivity contribution in [2.24, 2.45) is 28.6 Å². The van der Waals surface area contributed by atoms with Crippen LogP contribution in [0.15, 0.2) is 0 Å². The molecule has 7 aliphatic rings. The molecule has 192 valence electrons. The summed E-state index contributed by atoms with van der Waals surface area (Å²) in [5, 5.41) is 13.1. The Hall–Kier alpha value is -0.320. The number of hydrogen-bond donors (Lipinski definition) is 1. The second kappa shape index (κ2) is 6.95. The van der Waals surface area contributed by atoms with Gasteiger partial charge in [-0.1, -0.05) is 6.92 Å². The number of piperidine rings is 1. The van der Waals surface area contributed by atoms with Crippen LogP contribution in [0.25, 0.3) is 0 Å². The fourth-order valence-electron chi connectivity index (χ4n) is 11.7. The van der Waals surface area contributed by atoms with Gasteiger partial charge < -0.3 is 33.5 Å². The minimum atomic E-state index is -1.15. The quantitative estimate of drug-likeness (QED) is 0.613. The number of methoxy groups -OCH3 is 4. The minimum Gasteiger partial charge on any atom is -0.384 e. The lowest BCUT2D eigenvalue weighted by molar-refractivity contribution is -0.341. The van der Waals surface area contributed by atoms with Crippen LogP contribution < -0.4 is 0 Å². The van der Waals surface area contributed by atoms with Gasteiger partial charge in [-0.25, -0.2) is 0 Å². The monoisotopic (exact) mass is 479 g/mol. The highest BCUT2D eigenvalue weighted by molar-refractivity contribution is 5.44. The molecule has 34 heavy (non-hydrogen) atoms. The highest BCUT2D eigenvalue weighted by Gasteiger charge is 2.94. The van der Waals surface area contributed by atoms with Crippen LogP contribution in [0, 0.1) is 28.6 Å². The van der Waals surface area contributed by atoms with Crippen LogP contribution in [-0.4, -0.2) is 106 Å². The lowest BCUT2D eigenvalue weighted by atomic mass is 9.41. The topological polar surface area (TPSA) is 78.9 Å². The lowest BCUT2D eigenvalue weighted by Crippen LogP contribution is -2.86. The van der Waals surface area contributed by atoms with E-state index in [0.717, 1.165) is 45.4 Å². The molecule has 5 saturated carbocycles. The molecule has 0 aromatic rings. The van der Waals surface area contributed by atoms with Crippen LogP contribution in [0.5, 0.6) is 0 Å². The molecule has 0 aromatic carbocycles. The van der Waals surface area contributed by atoms with Gasteiger partial charge in [-0.2, -0.15) is 0 Å². The summed E-state index contributed by atoms with van der Waals surface area (Å²) < 4.78 is 38.2. The van der Waals surface area contributed by atoms with E-state index in [1.54, 1.807) is 14.2 Å². The fraction of sp³-hybridized carbons (Fsp3) is 1.00. The average molecular weight is 480 g/mol. The van der Waals surface area contributed by atoms with E-state index in [1.165, 1.54) is 0 Å². The number of hydrogen-bond acceptors (Lipinski definition) is 8. The number of aliphatic hydroxyl groups is 1. The van der Waals surface area contributed by atoms with Crippen LogP contribution in [0.4, 0.5) is 0 Å². The number of ether oxygens (including phenoxy) is 6. The first-order valence-electron chi connectivity index (χ1n) is 13.2. The second-order valence-electron chi connectivity index (χ2n) is 12.3. The number of nitrogens with zero attached hydrogens (tertiary/aromatic N) is 1. The van der Waals surface area contributed by atoms with Gasteiger partial charge in [0.1, 0.15) is 23.6 Å². The summed E-state index contributed by atoms with van der Waals surface area (Å²) in [4.78, 5) is 2.65. The molecule has 7 bridgehead atoms. The molecule has 8 heteroatoms. The molecule has 2 saturated heterocycles. The van der Waals surface area contributed by atoms with E-state index in [0.29, 0.717) is 12.3 Å². The molecule has 2 heterocycles. The molecule has 0 aromatic heterocycles. The Labute approximate surface area is 202 Å². The highest BCUT2D eigenvalue weighted by Crippen LogP contribution is 2.83. The molecule has 7 fully saturated rings. The van der Waals surface area contributed by atoms with Crippen molar-refractivity contribution in [2.45, 2.75) is 80.2 Å². The lowest BCUT2D eigenvalue weighted by Gasteiger charge is -2.72. The van der Waals surface area contributed by atoms with E-state index in [1.807, 2.05) is 14.2 Å². The van der Waals surface area contributed by atoms with Crippen LogP contribution in [0.2, 0.25) is 0 Å². The molecule has 8 nitrogen and oxygen atoms in total. The third-order valence-corrected chi connectivity index (χ3v) is 12.2. The zero-order valence-corrected chi connectivity index (χ0v) is 21.2. The normalized spacial score (nSPS) is 61.1. The molecule has 7 rings (SSSR count). The summed E-state index contributed by atoms with van der Waals surface area (Å²) in [6.45, 7) is 5.13. The molecule has 3 spiro atoms. The van der Waals surface area contributed by atoms with Crippen LogP contribution in [0.1, 0.15) is 39.0 Å². The predicted molar refractivity (Wildman–Crippen MR) is 121 cm³/mol. The predicted octanol–water partition coefficient (Wildman–Crippen LogP) is 1.43. The molecule has 0 amide bonds. The van der Waals surface area contributed by atoms with Gasteiger partial charge in [0.2, 0.25) is 0 Å². The summed E-state index contributed by atoms with van der Waals surface area (Å²) in [5.74, 6) is 0.442. The zero-order valence-electron chi connectivity index (χ0n) is 21.2. The molecule has 1 N–H and O–H groups in total. The number of rotatable bonds is 6. The van der Waals surface area contributed by atoms with Gasteiger partial charge in [-0.3, -0.25) is 4.90 Å². The first-order chi connectivity index (χ1) is 16.4. The van der Waals surface area contributed by atoms with Crippen molar-refractivity contribution < 1.29 is 33.5 Å². The second-order valence-corrected chi connectivity index (χ2v) is 12.3. The van der Waals surface area contributed by atoms with Crippen molar-refractivity contribution in [3.63, 3.8) is 0 Å². The Kier molecular flexibility index (Phi) is 4.67.